The smallest absolute Gasteiger partial charge is 0.375 e. The topological polar surface area (TPSA) is 142 Å². The van der Waals surface area contributed by atoms with Crippen LogP contribution in [0.3, 0.4) is 0 Å². The summed E-state index contributed by atoms with van der Waals surface area (Å²) in [6.45, 7) is -4.89. The molecule has 12 heteroatoms. The molecule has 1 aromatic rings. The number of carbonyl (C=O) groups is 1. The minimum atomic E-state index is -4.11. The molecule has 0 spiro atoms. The summed E-state index contributed by atoms with van der Waals surface area (Å²) < 4.78 is 35.1. The van der Waals surface area contributed by atoms with Crippen molar-refractivity contribution in [2.45, 2.75) is 4.90 Å². The van der Waals surface area contributed by atoms with Crippen molar-refractivity contribution in [3.63, 3.8) is 0 Å². The van der Waals surface area contributed by atoms with Crippen molar-refractivity contribution in [2.75, 3.05) is 13.7 Å². The van der Waals surface area contributed by atoms with Crippen molar-refractivity contribution in [2.24, 2.45) is 0 Å². The van der Waals surface area contributed by atoms with Gasteiger partial charge in [0.15, 0.2) is 11.5 Å². The van der Waals surface area contributed by atoms with Gasteiger partial charge in [0.05, 0.1) is 12.0 Å². The lowest BCUT2D eigenvalue weighted by Gasteiger charge is -2.14. The molecule has 21 heavy (non-hydrogen) atoms. The Morgan fingerprint density at radius 2 is 2.00 bits per heavy atom. The van der Waals surface area contributed by atoms with E-state index in [1.165, 1.54) is 13.2 Å². The summed E-state index contributed by atoms with van der Waals surface area (Å²) in [5, 5.41) is 8.47. The molecule has 0 saturated heterocycles. The molecule has 0 radical (unpaired) electrons. The Kier molecular flexibility index (Phi) is 5.68. The molecular formula is C9H12NO8PS2. The fourth-order valence-corrected chi connectivity index (χ4v) is 2.89. The molecule has 0 amide bonds. The molecule has 4 N–H and O–H groups in total. The van der Waals surface area contributed by atoms with Gasteiger partial charge in [-0.2, -0.15) is 4.72 Å². The number of aliphatic carboxylic acids is 1. The standard InChI is InChI=1S/C9H12NO8PS2/c1-17-7-3-2-6(4-8(7)18-19(13,14)20)21(15,16)10-5-9(11)12/h2-4,10H,5H2,1H3,(H,11,12)(H2,13,14,20). The zero-order valence-electron chi connectivity index (χ0n) is 10.6. The third kappa shape index (κ3) is 5.58. The third-order valence-corrected chi connectivity index (χ3v) is 4.13. The van der Waals surface area contributed by atoms with Crippen LogP contribution in [0.25, 0.3) is 0 Å². The zero-order chi connectivity index (χ0) is 16.3. The lowest BCUT2D eigenvalue weighted by molar-refractivity contribution is -0.135. The molecule has 1 aromatic carbocycles. The second-order valence-corrected chi connectivity index (χ2v) is 7.97. The van der Waals surface area contributed by atoms with Gasteiger partial charge in [0.25, 0.3) is 0 Å². The van der Waals surface area contributed by atoms with E-state index in [4.69, 9.17) is 19.6 Å². The van der Waals surface area contributed by atoms with Gasteiger partial charge >= 0.3 is 12.7 Å². The van der Waals surface area contributed by atoms with Crippen molar-refractivity contribution in [1.29, 1.82) is 0 Å². The van der Waals surface area contributed by atoms with Crippen LogP contribution >= 0.6 is 6.72 Å². The van der Waals surface area contributed by atoms with Crippen molar-refractivity contribution in [3.8, 4) is 11.5 Å². The van der Waals surface area contributed by atoms with Crippen LogP contribution in [0, 0.1) is 0 Å². The molecule has 0 unspecified atom stereocenters. The number of nitrogens with one attached hydrogen (secondary N) is 1. The molecule has 0 bridgehead atoms. The molecular weight excluding hydrogens is 345 g/mol. The Morgan fingerprint density at radius 1 is 1.38 bits per heavy atom. The number of ether oxygens (including phenoxy) is 1. The summed E-state index contributed by atoms with van der Waals surface area (Å²) in [5.41, 5.74) is 0. The highest BCUT2D eigenvalue weighted by atomic mass is 32.5. The predicted octanol–water partition coefficient (Wildman–Crippen LogP) is -0.354. The Balaban J connectivity index is 3.18. The fraction of sp³-hybridized carbons (Fsp3) is 0.222. The van der Waals surface area contributed by atoms with E-state index in [2.05, 4.69) is 16.3 Å². The number of carboxylic acid groups (broad SMARTS) is 1. The van der Waals surface area contributed by atoms with E-state index in [0.29, 0.717) is 0 Å². The average Bonchev–Trinajstić information content (AvgIpc) is 2.34. The number of sulfonamides is 1. The van der Waals surface area contributed by atoms with Crippen molar-refractivity contribution in [1.82, 2.24) is 4.72 Å². The largest absolute Gasteiger partial charge is 0.493 e. The zero-order valence-corrected chi connectivity index (χ0v) is 13.1. The SMILES string of the molecule is COc1ccc(S(=O)(=O)NCC(=O)O)cc1OP(O)(O)=S. The van der Waals surface area contributed by atoms with E-state index < -0.39 is 29.3 Å². The van der Waals surface area contributed by atoms with Gasteiger partial charge in [-0.3, -0.25) is 4.79 Å². The minimum Gasteiger partial charge on any atom is -0.493 e. The number of carboxylic acids is 1. The van der Waals surface area contributed by atoms with Gasteiger partial charge in [0.1, 0.15) is 6.54 Å². The molecule has 0 saturated carbocycles. The van der Waals surface area contributed by atoms with Crippen LogP contribution in [0.4, 0.5) is 0 Å². The maximum atomic E-state index is 11.8. The molecule has 0 aliphatic carbocycles. The van der Waals surface area contributed by atoms with E-state index in [1.54, 1.807) is 0 Å². The first-order valence-electron chi connectivity index (χ1n) is 5.20. The second-order valence-electron chi connectivity index (χ2n) is 3.61. The molecule has 0 aliphatic heterocycles. The van der Waals surface area contributed by atoms with Crippen LogP contribution in [-0.2, 0) is 26.6 Å². The highest BCUT2D eigenvalue weighted by molar-refractivity contribution is 8.06. The lowest BCUT2D eigenvalue weighted by Crippen LogP contribution is -2.29. The van der Waals surface area contributed by atoms with Gasteiger partial charge in [-0.25, -0.2) is 8.42 Å². The van der Waals surface area contributed by atoms with Gasteiger partial charge in [0, 0.05) is 17.9 Å². The molecule has 0 aromatic heterocycles. The molecule has 0 fully saturated rings. The Hall–Kier alpha value is -1.23. The Labute approximate surface area is 125 Å². The van der Waals surface area contributed by atoms with Gasteiger partial charge in [-0.05, 0) is 12.1 Å². The highest BCUT2D eigenvalue weighted by Crippen LogP contribution is 2.42. The molecule has 118 valence electrons. The summed E-state index contributed by atoms with van der Waals surface area (Å²) in [5.74, 6) is -1.61. The highest BCUT2D eigenvalue weighted by Gasteiger charge is 2.20. The summed E-state index contributed by atoms with van der Waals surface area (Å²) in [4.78, 5) is 28.3. The van der Waals surface area contributed by atoms with Crippen LogP contribution in [0.1, 0.15) is 0 Å². The van der Waals surface area contributed by atoms with E-state index >= 15 is 0 Å². The van der Waals surface area contributed by atoms with Crippen LogP contribution in [-0.4, -0.2) is 42.9 Å². The number of hydrogen-bond donors (Lipinski definition) is 4. The summed E-state index contributed by atoms with van der Waals surface area (Å²) in [7, 11) is -2.85. The number of hydrogen-bond acceptors (Lipinski definition) is 6. The van der Waals surface area contributed by atoms with Gasteiger partial charge in [0.2, 0.25) is 10.0 Å². The fourth-order valence-electron chi connectivity index (χ4n) is 1.26. The van der Waals surface area contributed by atoms with E-state index in [9.17, 15) is 13.2 Å². The quantitative estimate of drug-likeness (QED) is 0.481. The average molecular weight is 357 g/mol. The third-order valence-electron chi connectivity index (χ3n) is 2.08. The van der Waals surface area contributed by atoms with Crippen molar-refractivity contribution in [3.05, 3.63) is 18.2 Å². The summed E-state index contributed by atoms with van der Waals surface area (Å²) >= 11 is 4.30. The van der Waals surface area contributed by atoms with Gasteiger partial charge in [-0.1, -0.05) is 0 Å². The van der Waals surface area contributed by atoms with Crippen LogP contribution in [0.5, 0.6) is 11.5 Å². The normalized spacial score (nSPS) is 12.0. The van der Waals surface area contributed by atoms with Crippen LogP contribution in [0.15, 0.2) is 23.1 Å². The van der Waals surface area contributed by atoms with Crippen molar-refractivity contribution >= 4 is 34.5 Å². The summed E-state index contributed by atoms with van der Waals surface area (Å²) in [6, 6.07) is 3.28. The van der Waals surface area contributed by atoms with Crippen LogP contribution in [0.2, 0.25) is 0 Å². The molecule has 0 aliphatic rings. The number of methoxy groups -OCH3 is 1. The molecule has 0 heterocycles. The first kappa shape index (κ1) is 17.8. The number of rotatable bonds is 7. The summed E-state index contributed by atoms with van der Waals surface area (Å²) in [6.07, 6.45) is 0. The monoisotopic (exact) mass is 357 g/mol. The van der Waals surface area contributed by atoms with Crippen LogP contribution < -0.4 is 14.0 Å². The van der Waals surface area contributed by atoms with Crippen molar-refractivity contribution < 1.29 is 37.4 Å². The van der Waals surface area contributed by atoms with E-state index in [0.717, 1.165) is 12.1 Å². The number of benzene rings is 1. The maximum Gasteiger partial charge on any atom is 0.375 e. The molecule has 0 atom stereocenters. The molecule has 9 nitrogen and oxygen atoms in total. The Bertz CT molecular complexity index is 683. The second kappa shape index (κ2) is 6.69. The van der Waals surface area contributed by atoms with E-state index in [1.807, 2.05) is 4.72 Å². The Morgan fingerprint density at radius 3 is 2.48 bits per heavy atom. The predicted molar refractivity (Wildman–Crippen MR) is 75.2 cm³/mol. The first-order valence-corrected chi connectivity index (χ1v) is 9.31. The lowest BCUT2D eigenvalue weighted by atomic mass is 10.3. The van der Waals surface area contributed by atoms with E-state index in [-0.39, 0.29) is 16.4 Å². The van der Waals surface area contributed by atoms with Gasteiger partial charge < -0.3 is 24.2 Å². The first-order chi connectivity index (χ1) is 9.55. The molecule has 1 rings (SSSR count). The minimum absolute atomic E-state index is 0.0320. The maximum absolute atomic E-state index is 11.8. The van der Waals surface area contributed by atoms with Gasteiger partial charge in [-0.15, -0.1) is 0 Å².